The third-order valence-corrected chi connectivity index (χ3v) is 3.72. The number of rotatable bonds is 5. The first-order valence-electron chi connectivity index (χ1n) is 6.67. The fourth-order valence-electron chi connectivity index (χ4n) is 1.98. The highest BCUT2D eigenvalue weighted by molar-refractivity contribution is 9.10. The minimum Gasteiger partial charge on any atom is -0.458 e. The van der Waals surface area contributed by atoms with E-state index >= 15 is 0 Å². The summed E-state index contributed by atoms with van der Waals surface area (Å²) >= 11 is 3.10. The number of benzene rings is 2. The van der Waals surface area contributed by atoms with Gasteiger partial charge in [0, 0.05) is 10.5 Å². The molecule has 0 N–H and O–H groups in total. The lowest BCUT2D eigenvalue weighted by Gasteiger charge is -2.20. The summed E-state index contributed by atoms with van der Waals surface area (Å²) < 4.78 is 20.0. The van der Waals surface area contributed by atoms with Crippen LogP contribution in [0.3, 0.4) is 0 Å². The molecule has 5 nitrogen and oxygen atoms in total. The van der Waals surface area contributed by atoms with Crippen LogP contribution in [-0.2, 0) is 10.4 Å². The Labute approximate surface area is 140 Å². The summed E-state index contributed by atoms with van der Waals surface area (Å²) in [6, 6.07) is 12.2. The van der Waals surface area contributed by atoms with Crippen LogP contribution < -0.4 is 0 Å². The summed E-state index contributed by atoms with van der Waals surface area (Å²) in [7, 11) is 0. The maximum Gasteiger partial charge on any atom is 0.345 e. The van der Waals surface area contributed by atoms with E-state index in [0.717, 1.165) is 0 Å². The van der Waals surface area contributed by atoms with Crippen LogP contribution in [0.4, 0.5) is 10.1 Å². The average Bonchev–Trinajstić information content (AvgIpc) is 2.53. The number of nitro benzene ring substituents is 1. The van der Waals surface area contributed by atoms with E-state index in [1.807, 2.05) is 0 Å². The average molecular weight is 382 g/mol. The maximum atomic E-state index is 14.6. The molecule has 0 aliphatic carbocycles. The van der Waals surface area contributed by atoms with E-state index in [2.05, 4.69) is 15.9 Å². The Balaban J connectivity index is 2.16. The second-order valence-corrected chi connectivity index (χ2v) is 5.97. The van der Waals surface area contributed by atoms with Crippen LogP contribution >= 0.6 is 15.9 Å². The molecule has 0 saturated heterocycles. The summed E-state index contributed by atoms with van der Waals surface area (Å²) in [4.78, 5) is 22.4. The molecule has 23 heavy (non-hydrogen) atoms. The van der Waals surface area contributed by atoms with Crippen LogP contribution in [-0.4, -0.2) is 17.5 Å². The largest absolute Gasteiger partial charge is 0.458 e. The molecular formula is C16H13BrFNO4. The molecule has 0 saturated carbocycles. The second kappa shape index (κ2) is 6.87. The lowest BCUT2D eigenvalue weighted by atomic mass is 9.99. The van der Waals surface area contributed by atoms with Gasteiger partial charge in [0.15, 0.2) is 5.67 Å². The highest BCUT2D eigenvalue weighted by atomic mass is 79.9. The lowest BCUT2D eigenvalue weighted by molar-refractivity contribution is -0.385. The van der Waals surface area contributed by atoms with Crippen molar-refractivity contribution < 1.29 is 18.8 Å². The van der Waals surface area contributed by atoms with Crippen molar-refractivity contribution in [2.75, 3.05) is 6.61 Å². The van der Waals surface area contributed by atoms with E-state index in [-0.39, 0.29) is 5.56 Å². The van der Waals surface area contributed by atoms with Gasteiger partial charge in [0.1, 0.15) is 12.2 Å². The summed E-state index contributed by atoms with van der Waals surface area (Å²) in [5, 5.41) is 11.0. The van der Waals surface area contributed by atoms with Crippen molar-refractivity contribution in [3.05, 3.63) is 74.2 Å². The standard InChI is InChI=1S/C16H13BrFNO4/c1-16(18,11-5-3-2-4-6-11)10-23-15(20)13-8-7-12(17)9-14(13)19(21)22/h2-9H,10H2,1H3/t16-/m0/s1. The lowest BCUT2D eigenvalue weighted by Crippen LogP contribution is -2.25. The third-order valence-electron chi connectivity index (χ3n) is 3.23. The fraction of sp³-hybridized carbons (Fsp3) is 0.188. The molecule has 2 rings (SSSR count). The number of nitro groups is 1. The number of alkyl halides is 1. The van der Waals surface area contributed by atoms with Crippen molar-refractivity contribution in [3.8, 4) is 0 Å². The normalized spacial score (nSPS) is 13.2. The van der Waals surface area contributed by atoms with Gasteiger partial charge in [-0.1, -0.05) is 46.3 Å². The number of ether oxygens (including phenoxy) is 1. The van der Waals surface area contributed by atoms with Crippen molar-refractivity contribution in [2.24, 2.45) is 0 Å². The van der Waals surface area contributed by atoms with Crippen LogP contribution in [0, 0.1) is 10.1 Å². The van der Waals surface area contributed by atoms with Crippen LogP contribution in [0.25, 0.3) is 0 Å². The van der Waals surface area contributed by atoms with E-state index in [1.165, 1.54) is 25.1 Å². The SMILES string of the molecule is C[C@](F)(COC(=O)c1ccc(Br)cc1[N+](=O)[O-])c1ccccc1. The molecule has 0 aliphatic rings. The van der Waals surface area contributed by atoms with E-state index in [0.29, 0.717) is 10.0 Å². The second-order valence-electron chi connectivity index (χ2n) is 5.06. The number of nitrogens with zero attached hydrogens (tertiary/aromatic N) is 1. The molecule has 0 spiro atoms. The summed E-state index contributed by atoms with van der Waals surface area (Å²) in [6.45, 7) is 0.745. The quantitative estimate of drug-likeness (QED) is 0.437. The molecule has 0 radical (unpaired) electrons. The van der Waals surface area contributed by atoms with Gasteiger partial charge in [-0.2, -0.15) is 0 Å². The number of esters is 1. The molecule has 120 valence electrons. The smallest absolute Gasteiger partial charge is 0.345 e. The number of carbonyl (C=O) groups is 1. The monoisotopic (exact) mass is 381 g/mol. The topological polar surface area (TPSA) is 69.4 Å². The van der Waals surface area contributed by atoms with Gasteiger partial charge in [0.25, 0.3) is 5.69 Å². The van der Waals surface area contributed by atoms with Gasteiger partial charge in [-0.05, 0) is 24.6 Å². The number of carbonyl (C=O) groups excluding carboxylic acids is 1. The zero-order valence-electron chi connectivity index (χ0n) is 12.2. The van der Waals surface area contributed by atoms with Crippen LogP contribution in [0.5, 0.6) is 0 Å². The molecule has 0 aromatic heterocycles. The molecular weight excluding hydrogens is 369 g/mol. The molecule has 7 heteroatoms. The number of hydrogen-bond donors (Lipinski definition) is 0. The molecule has 2 aromatic carbocycles. The van der Waals surface area contributed by atoms with E-state index in [1.54, 1.807) is 30.3 Å². The number of halogens is 2. The Kier molecular flexibility index (Phi) is 5.10. The summed E-state index contributed by atoms with van der Waals surface area (Å²) in [6.07, 6.45) is 0. The molecule has 0 bridgehead atoms. The van der Waals surface area contributed by atoms with Crippen molar-refractivity contribution >= 4 is 27.6 Å². The van der Waals surface area contributed by atoms with Gasteiger partial charge in [-0.15, -0.1) is 0 Å². The fourth-order valence-corrected chi connectivity index (χ4v) is 2.33. The van der Waals surface area contributed by atoms with Gasteiger partial charge in [-0.3, -0.25) is 10.1 Å². The number of hydrogen-bond acceptors (Lipinski definition) is 4. The van der Waals surface area contributed by atoms with Gasteiger partial charge < -0.3 is 4.74 Å². The minimum atomic E-state index is -1.89. The molecule has 0 amide bonds. The van der Waals surface area contributed by atoms with Crippen molar-refractivity contribution in [1.82, 2.24) is 0 Å². The Hall–Kier alpha value is -2.28. The summed E-state index contributed by atoms with van der Waals surface area (Å²) in [5.41, 5.74) is -2.15. The first-order chi connectivity index (χ1) is 10.8. The van der Waals surface area contributed by atoms with E-state index < -0.39 is 28.9 Å². The molecule has 0 heterocycles. The highest BCUT2D eigenvalue weighted by Gasteiger charge is 2.29. The van der Waals surface area contributed by atoms with Gasteiger partial charge in [0.05, 0.1) is 4.92 Å². The molecule has 0 unspecified atom stereocenters. The zero-order valence-corrected chi connectivity index (χ0v) is 13.7. The zero-order chi connectivity index (χ0) is 17.0. The van der Waals surface area contributed by atoms with E-state index in [4.69, 9.17) is 4.74 Å². The van der Waals surface area contributed by atoms with Gasteiger partial charge in [-0.25, -0.2) is 9.18 Å². The third kappa shape index (κ3) is 4.13. The summed E-state index contributed by atoms with van der Waals surface area (Å²) in [5.74, 6) is -0.941. The predicted octanol–water partition coefficient (Wildman–Crippen LogP) is 4.40. The highest BCUT2D eigenvalue weighted by Crippen LogP contribution is 2.28. The van der Waals surface area contributed by atoms with Crippen molar-refractivity contribution in [1.29, 1.82) is 0 Å². The first-order valence-corrected chi connectivity index (χ1v) is 7.46. The van der Waals surface area contributed by atoms with E-state index in [9.17, 15) is 19.3 Å². The van der Waals surface area contributed by atoms with Crippen molar-refractivity contribution in [2.45, 2.75) is 12.6 Å². The molecule has 0 aliphatic heterocycles. The minimum absolute atomic E-state index is 0.220. The van der Waals surface area contributed by atoms with Gasteiger partial charge >= 0.3 is 5.97 Å². The first kappa shape index (κ1) is 17.1. The Morgan fingerprint density at radius 1 is 1.30 bits per heavy atom. The van der Waals surface area contributed by atoms with Crippen LogP contribution in [0.15, 0.2) is 53.0 Å². The Morgan fingerprint density at radius 2 is 1.96 bits per heavy atom. The molecule has 2 aromatic rings. The molecule has 1 atom stereocenters. The predicted molar refractivity (Wildman–Crippen MR) is 86.0 cm³/mol. The Bertz CT molecular complexity index is 734. The van der Waals surface area contributed by atoms with Crippen LogP contribution in [0.2, 0.25) is 0 Å². The Morgan fingerprint density at radius 3 is 2.57 bits per heavy atom. The van der Waals surface area contributed by atoms with Crippen LogP contribution in [0.1, 0.15) is 22.8 Å². The van der Waals surface area contributed by atoms with Crippen molar-refractivity contribution in [3.63, 3.8) is 0 Å². The molecule has 0 fully saturated rings. The maximum absolute atomic E-state index is 14.6. The van der Waals surface area contributed by atoms with Gasteiger partial charge in [0.2, 0.25) is 0 Å².